The van der Waals surface area contributed by atoms with Gasteiger partial charge in [-0.05, 0) is 64.4 Å². The van der Waals surface area contributed by atoms with Crippen molar-refractivity contribution in [1.82, 2.24) is 14.7 Å². The van der Waals surface area contributed by atoms with Crippen molar-refractivity contribution in [2.75, 3.05) is 32.7 Å². The van der Waals surface area contributed by atoms with Crippen LogP contribution in [0.15, 0.2) is 16.5 Å². The number of rotatable bonds is 4. The molecule has 1 aromatic heterocycles. The first-order valence-electron chi connectivity index (χ1n) is 9.57. The summed E-state index contributed by atoms with van der Waals surface area (Å²) in [6, 6.07) is 5.03. The minimum Gasteiger partial charge on any atom is -0.455 e. The van der Waals surface area contributed by atoms with E-state index in [2.05, 4.69) is 16.7 Å². The van der Waals surface area contributed by atoms with Crippen LogP contribution in [-0.2, 0) is 6.54 Å². The number of amides is 1. The van der Waals surface area contributed by atoms with Crippen LogP contribution in [0.3, 0.4) is 0 Å². The van der Waals surface area contributed by atoms with Crippen LogP contribution in [0.2, 0.25) is 0 Å². The largest absolute Gasteiger partial charge is 0.455 e. The van der Waals surface area contributed by atoms with Gasteiger partial charge in [0.25, 0.3) is 5.91 Å². The van der Waals surface area contributed by atoms with E-state index in [0.29, 0.717) is 17.8 Å². The summed E-state index contributed by atoms with van der Waals surface area (Å²) in [5.41, 5.74) is 0. The van der Waals surface area contributed by atoms with Crippen LogP contribution < -0.4 is 0 Å². The van der Waals surface area contributed by atoms with Crippen LogP contribution in [0.25, 0.3) is 0 Å². The Morgan fingerprint density at radius 2 is 1.88 bits per heavy atom. The second-order valence-electron chi connectivity index (χ2n) is 7.70. The number of carbonyl (C=O) groups is 1. The number of hydrogen-bond donors (Lipinski definition) is 0. The van der Waals surface area contributed by atoms with Crippen LogP contribution >= 0.6 is 0 Å². The van der Waals surface area contributed by atoms with Gasteiger partial charge in [-0.25, -0.2) is 0 Å². The molecule has 5 heteroatoms. The Morgan fingerprint density at radius 1 is 1.12 bits per heavy atom. The number of hydrogen-bond acceptors (Lipinski definition) is 4. The molecule has 0 N–H and O–H groups in total. The van der Waals surface area contributed by atoms with E-state index >= 15 is 0 Å². The van der Waals surface area contributed by atoms with E-state index in [-0.39, 0.29) is 5.91 Å². The zero-order chi connectivity index (χ0) is 16.5. The second kappa shape index (κ2) is 6.89. The van der Waals surface area contributed by atoms with Crippen LogP contribution in [0.1, 0.15) is 55.3 Å². The van der Waals surface area contributed by atoms with Crippen molar-refractivity contribution in [2.45, 2.75) is 57.7 Å². The number of likely N-dealkylation sites (tertiary alicyclic amines) is 3. The smallest absolute Gasteiger partial charge is 0.289 e. The number of furan rings is 1. The topological polar surface area (TPSA) is 39.9 Å². The second-order valence-corrected chi connectivity index (χ2v) is 7.70. The van der Waals surface area contributed by atoms with Gasteiger partial charge in [-0.15, -0.1) is 0 Å². The van der Waals surface area contributed by atoms with E-state index in [9.17, 15) is 4.79 Å². The van der Waals surface area contributed by atoms with Crippen LogP contribution in [0.4, 0.5) is 0 Å². The average molecular weight is 331 g/mol. The van der Waals surface area contributed by atoms with E-state index < -0.39 is 0 Å². The molecule has 0 aromatic carbocycles. The van der Waals surface area contributed by atoms with Gasteiger partial charge in [-0.1, -0.05) is 6.42 Å². The van der Waals surface area contributed by atoms with Gasteiger partial charge in [0.15, 0.2) is 5.76 Å². The van der Waals surface area contributed by atoms with E-state index in [4.69, 9.17) is 4.42 Å². The molecule has 3 fully saturated rings. The molecule has 132 valence electrons. The highest BCUT2D eigenvalue weighted by Gasteiger charge is 2.38. The fourth-order valence-corrected chi connectivity index (χ4v) is 4.39. The maximum absolute atomic E-state index is 12.6. The normalized spacial score (nSPS) is 26.7. The highest BCUT2D eigenvalue weighted by Crippen LogP contribution is 2.26. The summed E-state index contributed by atoms with van der Waals surface area (Å²) in [5, 5.41) is 0. The lowest BCUT2D eigenvalue weighted by Gasteiger charge is -2.49. The van der Waals surface area contributed by atoms with Crippen LogP contribution in [0, 0.1) is 0 Å². The molecule has 1 amide bonds. The Balaban J connectivity index is 1.30. The van der Waals surface area contributed by atoms with Crippen molar-refractivity contribution in [2.24, 2.45) is 0 Å². The van der Waals surface area contributed by atoms with Gasteiger partial charge in [-0.2, -0.15) is 0 Å². The third-order valence-electron chi connectivity index (χ3n) is 5.92. The maximum atomic E-state index is 12.6. The average Bonchev–Trinajstić information content (AvgIpc) is 3.20. The first-order valence-corrected chi connectivity index (χ1v) is 9.57. The summed E-state index contributed by atoms with van der Waals surface area (Å²) in [5.74, 6) is 1.49. The molecule has 1 aromatic rings. The molecule has 0 aliphatic carbocycles. The van der Waals surface area contributed by atoms with Crippen molar-refractivity contribution in [1.29, 1.82) is 0 Å². The predicted molar refractivity (Wildman–Crippen MR) is 92.9 cm³/mol. The molecule has 4 heterocycles. The molecule has 0 saturated carbocycles. The van der Waals surface area contributed by atoms with Gasteiger partial charge in [-0.3, -0.25) is 14.6 Å². The van der Waals surface area contributed by atoms with E-state index in [0.717, 1.165) is 38.5 Å². The van der Waals surface area contributed by atoms with Gasteiger partial charge in [0, 0.05) is 25.2 Å². The minimum atomic E-state index is 0.0589. The lowest BCUT2D eigenvalue weighted by molar-refractivity contribution is 0.000413. The van der Waals surface area contributed by atoms with E-state index in [1.807, 2.05) is 17.0 Å². The standard InChI is InChI=1S/C19H29N3O2/c1-15-6-2-3-11-22(15)16-12-21(13-16)19(23)18-8-7-17(24-18)14-20-9-4-5-10-20/h7-8,15-16H,2-6,9-14H2,1H3/t15-/m1/s1. The Bertz CT molecular complexity index is 573. The number of carbonyl (C=O) groups excluding carboxylic acids is 1. The first kappa shape index (κ1) is 16.2. The van der Waals surface area contributed by atoms with E-state index in [1.54, 1.807) is 0 Å². The molecule has 3 saturated heterocycles. The fourth-order valence-electron chi connectivity index (χ4n) is 4.39. The summed E-state index contributed by atoms with van der Waals surface area (Å²) >= 11 is 0. The summed E-state index contributed by atoms with van der Waals surface area (Å²) < 4.78 is 5.82. The molecule has 0 unspecified atom stereocenters. The SMILES string of the molecule is C[C@@H]1CCCCN1C1CN(C(=O)c2ccc(CN3CCCC3)o2)C1. The summed E-state index contributed by atoms with van der Waals surface area (Å²) in [4.78, 5) is 19.5. The maximum Gasteiger partial charge on any atom is 0.289 e. The van der Waals surface area contributed by atoms with Crippen molar-refractivity contribution in [3.05, 3.63) is 23.7 Å². The Hall–Kier alpha value is -1.33. The zero-order valence-corrected chi connectivity index (χ0v) is 14.7. The Morgan fingerprint density at radius 3 is 2.62 bits per heavy atom. The highest BCUT2D eigenvalue weighted by atomic mass is 16.4. The van der Waals surface area contributed by atoms with Crippen LogP contribution in [0.5, 0.6) is 0 Å². The Kier molecular flexibility index (Phi) is 4.63. The lowest BCUT2D eigenvalue weighted by atomic mass is 9.97. The summed E-state index contributed by atoms with van der Waals surface area (Å²) in [6.07, 6.45) is 6.49. The predicted octanol–water partition coefficient (Wildman–Crippen LogP) is 2.57. The third kappa shape index (κ3) is 3.24. The molecular weight excluding hydrogens is 302 g/mol. The molecule has 3 aliphatic rings. The van der Waals surface area contributed by atoms with Gasteiger partial charge >= 0.3 is 0 Å². The number of piperidine rings is 1. The van der Waals surface area contributed by atoms with Crippen molar-refractivity contribution < 1.29 is 9.21 Å². The Labute approximate surface area is 144 Å². The zero-order valence-electron chi connectivity index (χ0n) is 14.7. The summed E-state index contributed by atoms with van der Waals surface area (Å²) in [6.45, 7) is 8.34. The minimum absolute atomic E-state index is 0.0589. The van der Waals surface area contributed by atoms with Crippen molar-refractivity contribution >= 4 is 5.91 Å². The molecule has 3 aliphatic heterocycles. The number of nitrogens with zero attached hydrogens (tertiary/aromatic N) is 3. The highest BCUT2D eigenvalue weighted by molar-refractivity contribution is 5.92. The molecule has 0 spiro atoms. The monoisotopic (exact) mass is 331 g/mol. The summed E-state index contributed by atoms with van der Waals surface area (Å²) in [7, 11) is 0. The van der Waals surface area contributed by atoms with Crippen LogP contribution in [-0.4, -0.2) is 65.4 Å². The van der Waals surface area contributed by atoms with Crippen molar-refractivity contribution in [3.8, 4) is 0 Å². The third-order valence-corrected chi connectivity index (χ3v) is 5.92. The van der Waals surface area contributed by atoms with Gasteiger partial charge in [0.2, 0.25) is 0 Å². The molecule has 4 rings (SSSR count). The molecule has 5 nitrogen and oxygen atoms in total. The lowest BCUT2D eigenvalue weighted by Crippen LogP contribution is -2.63. The van der Waals surface area contributed by atoms with Gasteiger partial charge < -0.3 is 9.32 Å². The van der Waals surface area contributed by atoms with Gasteiger partial charge in [0.1, 0.15) is 5.76 Å². The first-order chi connectivity index (χ1) is 11.7. The molecule has 0 bridgehead atoms. The van der Waals surface area contributed by atoms with E-state index in [1.165, 1.54) is 38.6 Å². The van der Waals surface area contributed by atoms with Crippen molar-refractivity contribution in [3.63, 3.8) is 0 Å². The molecular formula is C19H29N3O2. The quantitative estimate of drug-likeness (QED) is 0.850. The molecule has 1 atom stereocenters. The van der Waals surface area contributed by atoms with Gasteiger partial charge in [0.05, 0.1) is 6.54 Å². The molecule has 0 radical (unpaired) electrons. The fraction of sp³-hybridized carbons (Fsp3) is 0.737. The molecule has 24 heavy (non-hydrogen) atoms.